The Bertz CT molecular complexity index is 1570. The van der Waals surface area contributed by atoms with Gasteiger partial charge in [-0.3, -0.25) is 9.48 Å². The molecule has 6 heterocycles. The van der Waals surface area contributed by atoms with E-state index in [1.54, 1.807) is 19.4 Å². The van der Waals surface area contributed by atoms with Crippen LogP contribution in [0.3, 0.4) is 0 Å². The standard InChI is InChI=1S/C22H17F3N8O2/c1-31-9-11(8-28-31)21-29-17(20(24)25)19(35-21)22(34)32-6-4-13-16(27-10-26-13)18(32)14-7-15-12(23)3-2-5-33(15)30-14/h2-3,5,7-10,18,20H,4,6H2,1H3,(H,26,27)/t18-/m1/s1. The zero-order chi connectivity index (χ0) is 24.3. The number of carbonyl (C=O) groups excluding carboxylic acids is 1. The molecule has 1 amide bonds. The monoisotopic (exact) mass is 482 g/mol. The zero-order valence-corrected chi connectivity index (χ0v) is 18.2. The lowest BCUT2D eigenvalue weighted by atomic mass is 9.99. The minimum absolute atomic E-state index is 0.138. The normalized spacial score (nSPS) is 15.8. The molecule has 13 heteroatoms. The summed E-state index contributed by atoms with van der Waals surface area (Å²) in [5.74, 6) is -1.99. The van der Waals surface area contributed by atoms with Crippen molar-refractivity contribution >= 4 is 11.4 Å². The number of amides is 1. The lowest BCUT2D eigenvalue weighted by Gasteiger charge is -2.33. The van der Waals surface area contributed by atoms with E-state index >= 15 is 0 Å². The number of aromatic amines is 1. The summed E-state index contributed by atoms with van der Waals surface area (Å²) in [5.41, 5.74) is 1.42. The van der Waals surface area contributed by atoms with Gasteiger partial charge < -0.3 is 14.3 Å². The van der Waals surface area contributed by atoms with Crippen molar-refractivity contribution in [2.24, 2.45) is 7.05 Å². The Kier molecular flexibility index (Phi) is 4.72. The first kappa shape index (κ1) is 21.1. The number of aromatic nitrogens is 7. The molecule has 5 aromatic rings. The molecule has 0 aliphatic carbocycles. The zero-order valence-electron chi connectivity index (χ0n) is 18.2. The summed E-state index contributed by atoms with van der Waals surface area (Å²) in [5, 5.41) is 8.43. The van der Waals surface area contributed by atoms with E-state index in [4.69, 9.17) is 4.42 Å². The van der Waals surface area contributed by atoms with Gasteiger partial charge in [-0.15, -0.1) is 0 Å². The van der Waals surface area contributed by atoms with Crippen LogP contribution in [0.1, 0.15) is 45.8 Å². The van der Waals surface area contributed by atoms with Crippen molar-refractivity contribution in [2.75, 3.05) is 6.54 Å². The molecule has 35 heavy (non-hydrogen) atoms. The lowest BCUT2D eigenvalue weighted by molar-refractivity contribution is 0.0640. The van der Waals surface area contributed by atoms with Crippen LogP contribution in [0, 0.1) is 5.82 Å². The van der Waals surface area contributed by atoms with E-state index in [2.05, 4.69) is 25.1 Å². The number of hydrogen-bond donors (Lipinski definition) is 1. The largest absolute Gasteiger partial charge is 0.430 e. The van der Waals surface area contributed by atoms with Gasteiger partial charge in [-0.1, -0.05) is 0 Å². The number of nitrogens with zero attached hydrogens (tertiary/aromatic N) is 7. The highest BCUT2D eigenvalue weighted by atomic mass is 19.3. The highest BCUT2D eigenvalue weighted by Crippen LogP contribution is 2.37. The molecule has 6 rings (SSSR count). The second-order valence-electron chi connectivity index (χ2n) is 8.11. The first-order chi connectivity index (χ1) is 16.9. The fourth-order valence-electron chi connectivity index (χ4n) is 4.35. The summed E-state index contributed by atoms with van der Waals surface area (Å²) in [6.45, 7) is 0.167. The van der Waals surface area contributed by atoms with Gasteiger partial charge in [0, 0.05) is 38.1 Å². The van der Waals surface area contributed by atoms with Crippen LogP contribution in [0.25, 0.3) is 17.0 Å². The van der Waals surface area contributed by atoms with Crippen LogP contribution >= 0.6 is 0 Å². The number of hydrogen-bond acceptors (Lipinski definition) is 6. The molecule has 178 valence electrons. The number of carbonyl (C=O) groups is 1. The number of rotatable bonds is 4. The number of oxazole rings is 1. The molecular formula is C22H17F3N8O2. The second kappa shape index (κ2) is 7.82. The minimum atomic E-state index is -3.04. The van der Waals surface area contributed by atoms with E-state index in [1.807, 2.05) is 0 Å². The summed E-state index contributed by atoms with van der Waals surface area (Å²) >= 11 is 0. The molecule has 0 spiro atoms. The molecule has 1 aliphatic rings. The number of alkyl halides is 2. The van der Waals surface area contributed by atoms with Crippen LogP contribution < -0.4 is 0 Å². The third kappa shape index (κ3) is 3.38. The van der Waals surface area contributed by atoms with Gasteiger partial charge in [-0.05, 0) is 18.2 Å². The SMILES string of the molecule is Cn1cc(-c2nc(C(F)F)c(C(=O)N3CCc4[nH]cnc4[C@H]3c3cc4c(F)cccn4n3)o2)cn1. The van der Waals surface area contributed by atoms with Gasteiger partial charge in [0.05, 0.1) is 29.5 Å². The molecule has 0 radical (unpaired) electrons. The Balaban J connectivity index is 1.46. The molecule has 0 aromatic carbocycles. The van der Waals surface area contributed by atoms with E-state index < -0.39 is 35.6 Å². The lowest BCUT2D eigenvalue weighted by Crippen LogP contribution is -2.41. The Labute approximate surface area is 195 Å². The number of H-pyrrole nitrogens is 1. The van der Waals surface area contributed by atoms with Crippen molar-refractivity contribution in [3.8, 4) is 11.5 Å². The molecular weight excluding hydrogens is 465 g/mol. The predicted molar refractivity (Wildman–Crippen MR) is 114 cm³/mol. The van der Waals surface area contributed by atoms with Crippen molar-refractivity contribution in [1.82, 2.24) is 39.2 Å². The maximum Gasteiger partial charge on any atom is 0.292 e. The van der Waals surface area contributed by atoms with E-state index in [9.17, 15) is 18.0 Å². The molecule has 0 unspecified atom stereocenters. The van der Waals surface area contributed by atoms with Crippen molar-refractivity contribution < 1.29 is 22.4 Å². The van der Waals surface area contributed by atoms with Gasteiger partial charge in [-0.2, -0.15) is 10.2 Å². The molecule has 10 nitrogen and oxygen atoms in total. The van der Waals surface area contributed by atoms with Gasteiger partial charge in [0.2, 0.25) is 11.7 Å². The molecule has 1 aliphatic heterocycles. The van der Waals surface area contributed by atoms with Crippen LogP contribution in [-0.4, -0.2) is 51.7 Å². The Hall–Kier alpha value is -4.42. The first-order valence-corrected chi connectivity index (χ1v) is 10.7. The van der Waals surface area contributed by atoms with Gasteiger partial charge in [0.25, 0.3) is 12.3 Å². The average Bonchev–Trinajstić information content (AvgIpc) is 3.62. The van der Waals surface area contributed by atoms with Crippen molar-refractivity contribution in [3.63, 3.8) is 0 Å². The topological polar surface area (TPSA) is 110 Å². The fraction of sp³-hybridized carbons (Fsp3) is 0.227. The summed E-state index contributed by atoms with van der Waals surface area (Å²) in [4.78, 5) is 26.3. The van der Waals surface area contributed by atoms with Gasteiger partial charge in [0.15, 0.2) is 5.69 Å². The van der Waals surface area contributed by atoms with E-state index in [0.717, 1.165) is 5.69 Å². The number of fused-ring (bicyclic) bond motifs is 2. The van der Waals surface area contributed by atoms with Crippen molar-refractivity contribution in [3.05, 3.63) is 77.5 Å². The highest BCUT2D eigenvalue weighted by Gasteiger charge is 2.40. The van der Waals surface area contributed by atoms with Gasteiger partial charge in [0.1, 0.15) is 17.4 Å². The van der Waals surface area contributed by atoms with Crippen LogP contribution in [0.5, 0.6) is 0 Å². The van der Waals surface area contributed by atoms with Gasteiger partial charge >= 0.3 is 0 Å². The molecule has 0 saturated heterocycles. The average molecular weight is 482 g/mol. The van der Waals surface area contributed by atoms with Crippen LogP contribution in [0.15, 0.2) is 47.5 Å². The first-order valence-electron chi connectivity index (χ1n) is 10.7. The Morgan fingerprint density at radius 2 is 2.20 bits per heavy atom. The maximum atomic E-state index is 14.4. The molecule has 0 bridgehead atoms. The number of imidazole rings is 1. The smallest absolute Gasteiger partial charge is 0.292 e. The predicted octanol–water partition coefficient (Wildman–Crippen LogP) is 3.31. The van der Waals surface area contributed by atoms with Crippen LogP contribution in [-0.2, 0) is 13.5 Å². The van der Waals surface area contributed by atoms with Crippen LogP contribution in [0.4, 0.5) is 13.2 Å². The van der Waals surface area contributed by atoms with E-state index in [-0.39, 0.29) is 18.0 Å². The minimum Gasteiger partial charge on any atom is -0.430 e. The van der Waals surface area contributed by atoms with E-state index in [0.29, 0.717) is 23.4 Å². The summed E-state index contributed by atoms with van der Waals surface area (Å²) in [6, 6.07) is 3.47. The molecule has 1 N–H and O–H groups in total. The molecule has 0 saturated carbocycles. The molecule has 0 fully saturated rings. The van der Waals surface area contributed by atoms with Crippen molar-refractivity contribution in [1.29, 1.82) is 0 Å². The van der Waals surface area contributed by atoms with E-state index in [1.165, 1.54) is 44.8 Å². The summed E-state index contributed by atoms with van der Waals surface area (Å²) in [6.07, 6.45) is 3.37. The molecule has 5 aromatic heterocycles. The van der Waals surface area contributed by atoms with Crippen molar-refractivity contribution in [2.45, 2.75) is 18.9 Å². The number of aryl methyl sites for hydroxylation is 1. The van der Waals surface area contributed by atoms with Gasteiger partial charge in [-0.25, -0.2) is 27.7 Å². The quantitative estimate of drug-likeness (QED) is 0.421. The van der Waals surface area contributed by atoms with Crippen LogP contribution in [0.2, 0.25) is 0 Å². The fourth-order valence-corrected chi connectivity index (χ4v) is 4.35. The highest BCUT2D eigenvalue weighted by molar-refractivity contribution is 5.93. The number of halogens is 3. The third-order valence-electron chi connectivity index (χ3n) is 5.94. The number of pyridine rings is 1. The second-order valence-corrected chi connectivity index (χ2v) is 8.11. The number of nitrogens with one attached hydrogen (secondary N) is 1. The third-order valence-corrected chi connectivity index (χ3v) is 5.94. The Morgan fingerprint density at radius 3 is 2.94 bits per heavy atom. The summed E-state index contributed by atoms with van der Waals surface area (Å²) in [7, 11) is 1.66. The Morgan fingerprint density at radius 1 is 1.34 bits per heavy atom. The summed E-state index contributed by atoms with van der Waals surface area (Å²) < 4.78 is 50.5. The maximum absolute atomic E-state index is 14.4. The molecule has 1 atom stereocenters.